The highest BCUT2D eigenvalue weighted by atomic mass is 35.5. The van der Waals surface area contributed by atoms with Gasteiger partial charge >= 0.3 is 0 Å². The lowest BCUT2D eigenvalue weighted by Crippen LogP contribution is -2.17. The number of halogens is 2. The first-order chi connectivity index (χ1) is 4.34. The summed E-state index contributed by atoms with van der Waals surface area (Å²) >= 11 is 10.6. The van der Waals surface area contributed by atoms with Gasteiger partial charge in [-0.25, -0.2) is 0 Å². The third-order valence-corrected chi connectivity index (χ3v) is 1.20. The van der Waals surface area contributed by atoms with Crippen LogP contribution in [0.5, 0.6) is 0 Å². The lowest BCUT2D eigenvalue weighted by atomic mass is 9.91. The Kier molecular flexibility index (Phi) is 3.40. The van der Waals surface area contributed by atoms with Crippen molar-refractivity contribution in [2.24, 2.45) is 5.41 Å². The van der Waals surface area contributed by atoms with Crippen molar-refractivity contribution in [3.63, 3.8) is 0 Å². The van der Waals surface area contributed by atoms with Crippen molar-refractivity contribution in [3.8, 4) is 0 Å². The SMILES string of the molecule is CC(C)(C)C(=O)C=C(Cl)Cl. The number of hydrogen-bond donors (Lipinski definition) is 0. The Balaban J connectivity index is 4.27. The molecule has 0 amide bonds. The van der Waals surface area contributed by atoms with E-state index in [0.29, 0.717) is 0 Å². The van der Waals surface area contributed by atoms with E-state index in [9.17, 15) is 4.79 Å². The van der Waals surface area contributed by atoms with Crippen LogP contribution < -0.4 is 0 Å². The maximum atomic E-state index is 11.0. The van der Waals surface area contributed by atoms with E-state index in [4.69, 9.17) is 23.2 Å². The average Bonchev–Trinajstić information content (AvgIpc) is 1.60. The predicted octanol–water partition coefficient (Wildman–Crippen LogP) is 2.92. The van der Waals surface area contributed by atoms with Gasteiger partial charge < -0.3 is 0 Å². The van der Waals surface area contributed by atoms with Crippen molar-refractivity contribution in [1.29, 1.82) is 0 Å². The fraction of sp³-hybridized carbons (Fsp3) is 0.571. The molecular weight excluding hydrogens is 171 g/mol. The second-order valence-corrected chi connectivity index (χ2v) is 4.06. The maximum absolute atomic E-state index is 11.0. The van der Waals surface area contributed by atoms with Gasteiger partial charge in [0, 0.05) is 11.5 Å². The van der Waals surface area contributed by atoms with Gasteiger partial charge in [-0.3, -0.25) is 4.79 Å². The quantitative estimate of drug-likeness (QED) is 0.568. The molecule has 10 heavy (non-hydrogen) atoms. The van der Waals surface area contributed by atoms with E-state index >= 15 is 0 Å². The first kappa shape index (κ1) is 9.99. The molecule has 0 aliphatic heterocycles. The number of ketones is 1. The minimum atomic E-state index is -0.394. The zero-order valence-electron chi connectivity index (χ0n) is 6.24. The molecule has 58 valence electrons. The summed E-state index contributed by atoms with van der Waals surface area (Å²) in [6.45, 7) is 5.42. The molecule has 0 atom stereocenters. The van der Waals surface area contributed by atoms with Crippen molar-refractivity contribution in [2.75, 3.05) is 0 Å². The second kappa shape index (κ2) is 3.40. The van der Waals surface area contributed by atoms with Crippen LogP contribution in [0.4, 0.5) is 0 Å². The summed E-state index contributed by atoms with van der Waals surface area (Å²) in [6, 6.07) is 0. The molecule has 1 nitrogen and oxygen atoms in total. The van der Waals surface area contributed by atoms with Crippen molar-refractivity contribution in [2.45, 2.75) is 20.8 Å². The lowest BCUT2D eigenvalue weighted by molar-refractivity contribution is -0.121. The molecule has 0 aromatic rings. The average molecular weight is 181 g/mol. The number of carbonyl (C=O) groups is 1. The smallest absolute Gasteiger partial charge is 0.163 e. The first-order valence-electron chi connectivity index (χ1n) is 2.91. The van der Waals surface area contributed by atoms with Crippen LogP contribution in [0, 0.1) is 5.41 Å². The Morgan fingerprint density at radius 2 is 1.70 bits per heavy atom. The largest absolute Gasteiger partial charge is 0.294 e. The van der Waals surface area contributed by atoms with Gasteiger partial charge in [-0.05, 0) is 0 Å². The standard InChI is InChI=1S/C7H10Cl2O/c1-7(2,3)5(10)4-6(8)9/h4H,1-3H3. The van der Waals surface area contributed by atoms with Gasteiger partial charge in [0.2, 0.25) is 0 Å². The monoisotopic (exact) mass is 180 g/mol. The van der Waals surface area contributed by atoms with Crippen LogP contribution in [0.15, 0.2) is 10.6 Å². The molecule has 0 bridgehead atoms. The Labute approximate surface area is 71.0 Å². The molecule has 0 saturated carbocycles. The van der Waals surface area contributed by atoms with E-state index in [1.165, 1.54) is 6.08 Å². The number of allylic oxidation sites excluding steroid dienone is 1. The molecule has 0 spiro atoms. The fourth-order valence-corrected chi connectivity index (χ4v) is 0.514. The fourth-order valence-electron chi connectivity index (χ4n) is 0.316. The van der Waals surface area contributed by atoms with Crippen molar-refractivity contribution in [1.82, 2.24) is 0 Å². The van der Waals surface area contributed by atoms with Crippen molar-refractivity contribution in [3.05, 3.63) is 10.6 Å². The predicted molar refractivity (Wildman–Crippen MR) is 44.3 cm³/mol. The topological polar surface area (TPSA) is 17.1 Å². The summed E-state index contributed by atoms with van der Waals surface area (Å²) in [4.78, 5) is 11.0. The molecule has 3 heteroatoms. The Bertz CT molecular complexity index is 161. The number of rotatable bonds is 1. The van der Waals surface area contributed by atoms with E-state index in [0.717, 1.165) is 0 Å². The molecule has 0 aliphatic carbocycles. The van der Waals surface area contributed by atoms with Crippen LogP contribution in [0.25, 0.3) is 0 Å². The molecule has 0 N–H and O–H groups in total. The highest BCUT2D eigenvalue weighted by Gasteiger charge is 2.18. The minimum absolute atomic E-state index is 0.0138. The first-order valence-corrected chi connectivity index (χ1v) is 3.67. The summed E-state index contributed by atoms with van der Waals surface area (Å²) < 4.78 is 0.0138. The van der Waals surface area contributed by atoms with E-state index in [1.54, 1.807) is 0 Å². The van der Waals surface area contributed by atoms with Crippen LogP contribution >= 0.6 is 23.2 Å². The summed E-state index contributed by atoms with van der Waals surface area (Å²) in [6.07, 6.45) is 1.23. The van der Waals surface area contributed by atoms with Crippen LogP contribution in [-0.4, -0.2) is 5.78 Å². The van der Waals surface area contributed by atoms with Crippen molar-refractivity contribution < 1.29 is 4.79 Å². The Morgan fingerprint density at radius 1 is 1.30 bits per heavy atom. The number of carbonyl (C=O) groups excluding carboxylic acids is 1. The van der Waals surface area contributed by atoms with Gasteiger partial charge in [-0.15, -0.1) is 0 Å². The van der Waals surface area contributed by atoms with Gasteiger partial charge in [0.1, 0.15) is 4.49 Å². The van der Waals surface area contributed by atoms with Gasteiger partial charge in [-0.2, -0.15) is 0 Å². The van der Waals surface area contributed by atoms with Gasteiger partial charge in [0.25, 0.3) is 0 Å². The van der Waals surface area contributed by atoms with Crippen molar-refractivity contribution >= 4 is 29.0 Å². The third kappa shape index (κ3) is 3.91. The van der Waals surface area contributed by atoms with Crippen LogP contribution in [0.2, 0.25) is 0 Å². The highest BCUT2D eigenvalue weighted by Crippen LogP contribution is 2.18. The van der Waals surface area contributed by atoms with E-state index in [-0.39, 0.29) is 10.3 Å². The van der Waals surface area contributed by atoms with E-state index in [2.05, 4.69) is 0 Å². The molecule has 0 fully saturated rings. The zero-order chi connectivity index (χ0) is 8.36. The normalized spacial score (nSPS) is 10.9. The van der Waals surface area contributed by atoms with Crippen LogP contribution in [0.1, 0.15) is 20.8 Å². The molecule has 0 rings (SSSR count). The Morgan fingerprint density at radius 3 is 1.80 bits per heavy atom. The summed E-state index contributed by atoms with van der Waals surface area (Å²) in [5.74, 6) is -0.0625. The molecule has 0 heterocycles. The third-order valence-electron chi connectivity index (χ3n) is 0.979. The second-order valence-electron chi connectivity index (χ2n) is 3.05. The van der Waals surface area contributed by atoms with Crippen LogP contribution in [0.3, 0.4) is 0 Å². The molecular formula is C7H10Cl2O. The number of hydrogen-bond acceptors (Lipinski definition) is 1. The van der Waals surface area contributed by atoms with Gasteiger partial charge in [-0.1, -0.05) is 44.0 Å². The summed E-state index contributed by atoms with van der Waals surface area (Å²) in [5.41, 5.74) is -0.394. The zero-order valence-corrected chi connectivity index (χ0v) is 7.75. The lowest BCUT2D eigenvalue weighted by Gasteiger charge is -2.12. The van der Waals surface area contributed by atoms with Gasteiger partial charge in [0.05, 0.1) is 0 Å². The molecule has 0 radical (unpaired) electrons. The van der Waals surface area contributed by atoms with Gasteiger partial charge in [0.15, 0.2) is 5.78 Å². The van der Waals surface area contributed by atoms with Crippen LogP contribution in [-0.2, 0) is 4.79 Å². The summed E-state index contributed by atoms with van der Waals surface area (Å²) in [5, 5.41) is 0. The molecule has 0 aromatic carbocycles. The summed E-state index contributed by atoms with van der Waals surface area (Å²) in [7, 11) is 0. The van der Waals surface area contributed by atoms with E-state index < -0.39 is 5.41 Å². The maximum Gasteiger partial charge on any atom is 0.163 e. The molecule has 0 aliphatic rings. The molecule has 0 saturated heterocycles. The molecule has 0 unspecified atom stereocenters. The highest BCUT2D eigenvalue weighted by molar-refractivity contribution is 6.56. The Hall–Kier alpha value is -0.0100. The molecule has 0 aromatic heterocycles. The minimum Gasteiger partial charge on any atom is -0.294 e. The van der Waals surface area contributed by atoms with E-state index in [1.807, 2.05) is 20.8 Å².